The summed E-state index contributed by atoms with van der Waals surface area (Å²) in [6.07, 6.45) is 8.47. The van der Waals surface area contributed by atoms with E-state index in [0.29, 0.717) is 6.04 Å². The van der Waals surface area contributed by atoms with E-state index in [2.05, 4.69) is 22.0 Å². The number of unbranched alkanes of at least 4 members (excludes halogenated alkanes) is 1. The second kappa shape index (κ2) is 7.56. The van der Waals surface area contributed by atoms with Crippen molar-refractivity contribution in [2.45, 2.75) is 38.6 Å². The van der Waals surface area contributed by atoms with Crippen molar-refractivity contribution in [3.8, 4) is 5.75 Å². The standard InChI is InChI=1S/C12H21N3O.ClH/c1-2-3-8-16-12-9-14-15(10-12)11-4-6-13-7-5-11;/h9-11,13H,2-8H2,1H3;1H. The summed E-state index contributed by atoms with van der Waals surface area (Å²) in [6, 6.07) is 0.546. The summed E-state index contributed by atoms with van der Waals surface area (Å²) >= 11 is 0. The van der Waals surface area contributed by atoms with Crippen LogP contribution in [0.1, 0.15) is 38.6 Å². The lowest BCUT2D eigenvalue weighted by Gasteiger charge is -2.22. The molecular weight excluding hydrogens is 238 g/mol. The summed E-state index contributed by atoms with van der Waals surface area (Å²) in [4.78, 5) is 0. The zero-order valence-corrected chi connectivity index (χ0v) is 11.2. The quantitative estimate of drug-likeness (QED) is 0.826. The van der Waals surface area contributed by atoms with E-state index in [0.717, 1.165) is 44.7 Å². The molecule has 2 rings (SSSR count). The molecule has 0 unspecified atom stereocenters. The second-order valence-corrected chi connectivity index (χ2v) is 4.34. The van der Waals surface area contributed by atoms with Gasteiger partial charge in [0.1, 0.15) is 0 Å². The van der Waals surface area contributed by atoms with Crippen molar-refractivity contribution >= 4 is 12.4 Å². The van der Waals surface area contributed by atoms with E-state index in [1.807, 2.05) is 12.4 Å². The van der Waals surface area contributed by atoms with Crippen LogP contribution in [0, 0.1) is 0 Å². The molecule has 0 radical (unpaired) electrons. The Hall–Kier alpha value is -0.740. The average molecular weight is 260 g/mol. The number of ether oxygens (including phenoxy) is 1. The first-order chi connectivity index (χ1) is 7.90. The Balaban J connectivity index is 0.00000144. The highest BCUT2D eigenvalue weighted by Crippen LogP contribution is 2.20. The molecule has 1 fully saturated rings. The van der Waals surface area contributed by atoms with E-state index in [9.17, 15) is 0 Å². The maximum Gasteiger partial charge on any atom is 0.157 e. The molecule has 0 aromatic carbocycles. The van der Waals surface area contributed by atoms with Gasteiger partial charge in [0, 0.05) is 0 Å². The van der Waals surface area contributed by atoms with Gasteiger partial charge in [-0.3, -0.25) is 4.68 Å². The molecule has 98 valence electrons. The van der Waals surface area contributed by atoms with E-state index < -0.39 is 0 Å². The van der Waals surface area contributed by atoms with Gasteiger partial charge in [-0.2, -0.15) is 5.10 Å². The van der Waals surface area contributed by atoms with Crippen LogP contribution in [0.4, 0.5) is 0 Å². The molecule has 1 aromatic heterocycles. The molecule has 5 heteroatoms. The van der Waals surface area contributed by atoms with Gasteiger partial charge in [0.15, 0.2) is 5.75 Å². The number of nitrogens with zero attached hydrogens (tertiary/aromatic N) is 2. The lowest BCUT2D eigenvalue weighted by Crippen LogP contribution is -2.29. The average Bonchev–Trinajstić information content (AvgIpc) is 2.79. The van der Waals surface area contributed by atoms with E-state index >= 15 is 0 Å². The summed E-state index contributed by atoms with van der Waals surface area (Å²) in [7, 11) is 0. The van der Waals surface area contributed by atoms with Crippen LogP contribution in [0.3, 0.4) is 0 Å². The lowest BCUT2D eigenvalue weighted by molar-refractivity contribution is 0.306. The molecule has 4 nitrogen and oxygen atoms in total. The fraction of sp³-hybridized carbons (Fsp3) is 0.750. The highest BCUT2D eigenvalue weighted by atomic mass is 35.5. The molecule has 0 bridgehead atoms. The van der Waals surface area contributed by atoms with E-state index in [1.54, 1.807) is 0 Å². The van der Waals surface area contributed by atoms with Crippen LogP contribution in [0.2, 0.25) is 0 Å². The molecule has 0 saturated carbocycles. The molecule has 1 aromatic rings. The third-order valence-corrected chi connectivity index (χ3v) is 3.03. The predicted molar refractivity (Wildman–Crippen MR) is 71.0 cm³/mol. The smallest absolute Gasteiger partial charge is 0.157 e. The fourth-order valence-electron chi connectivity index (χ4n) is 2.00. The van der Waals surface area contributed by atoms with Crippen molar-refractivity contribution in [3.05, 3.63) is 12.4 Å². The van der Waals surface area contributed by atoms with Gasteiger partial charge in [0.25, 0.3) is 0 Å². The predicted octanol–water partition coefficient (Wildman–Crippen LogP) is 2.41. The van der Waals surface area contributed by atoms with Crippen LogP contribution in [-0.2, 0) is 0 Å². The van der Waals surface area contributed by atoms with Crippen molar-refractivity contribution in [2.75, 3.05) is 19.7 Å². The van der Waals surface area contributed by atoms with E-state index in [-0.39, 0.29) is 12.4 Å². The van der Waals surface area contributed by atoms with E-state index in [1.165, 1.54) is 6.42 Å². The van der Waals surface area contributed by atoms with Gasteiger partial charge in [-0.1, -0.05) is 13.3 Å². The minimum absolute atomic E-state index is 0. The molecule has 0 aliphatic carbocycles. The molecule has 1 aliphatic heterocycles. The third-order valence-electron chi connectivity index (χ3n) is 3.03. The summed E-state index contributed by atoms with van der Waals surface area (Å²) in [5.41, 5.74) is 0. The maximum atomic E-state index is 5.62. The van der Waals surface area contributed by atoms with Gasteiger partial charge in [0.05, 0.1) is 25.0 Å². The monoisotopic (exact) mass is 259 g/mol. The molecule has 2 heterocycles. The Morgan fingerprint density at radius 3 is 2.94 bits per heavy atom. The minimum atomic E-state index is 0. The Labute approximate surface area is 109 Å². The maximum absolute atomic E-state index is 5.62. The van der Waals surface area contributed by atoms with Crippen LogP contribution >= 0.6 is 12.4 Å². The van der Waals surface area contributed by atoms with Gasteiger partial charge in [-0.05, 0) is 32.4 Å². The summed E-state index contributed by atoms with van der Waals surface area (Å²) < 4.78 is 7.68. The van der Waals surface area contributed by atoms with Crippen LogP contribution in [-0.4, -0.2) is 29.5 Å². The Bertz CT molecular complexity index is 310. The molecule has 1 N–H and O–H groups in total. The van der Waals surface area contributed by atoms with Crippen LogP contribution in [0.15, 0.2) is 12.4 Å². The van der Waals surface area contributed by atoms with Crippen molar-refractivity contribution in [3.63, 3.8) is 0 Å². The molecule has 1 saturated heterocycles. The van der Waals surface area contributed by atoms with Gasteiger partial charge >= 0.3 is 0 Å². The van der Waals surface area contributed by atoms with Crippen molar-refractivity contribution in [1.82, 2.24) is 15.1 Å². The Kier molecular flexibility index (Phi) is 6.37. The number of hydrogen-bond acceptors (Lipinski definition) is 3. The summed E-state index contributed by atoms with van der Waals surface area (Å²) in [5, 5.41) is 7.74. The number of piperidine rings is 1. The van der Waals surface area contributed by atoms with Gasteiger partial charge < -0.3 is 10.1 Å². The largest absolute Gasteiger partial charge is 0.490 e. The molecule has 17 heavy (non-hydrogen) atoms. The first-order valence-electron chi connectivity index (χ1n) is 6.28. The van der Waals surface area contributed by atoms with Crippen LogP contribution in [0.5, 0.6) is 5.75 Å². The molecule has 0 amide bonds. The number of hydrogen-bond donors (Lipinski definition) is 1. The number of rotatable bonds is 5. The topological polar surface area (TPSA) is 39.1 Å². The highest BCUT2D eigenvalue weighted by Gasteiger charge is 2.15. The molecule has 1 aliphatic rings. The SMILES string of the molecule is CCCCOc1cnn(C2CCNCC2)c1.Cl. The van der Waals surface area contributed by atoms with Crippen molar-refractivity contribution in [1.29, 1.82) is 0 Å². The first kappa shape index (κ1) is 14.3. The van der Waals surface area contributed by atoms with E-state index in [4.69, 9.17) is 4.74 Å². The Morgan fingerprint density at radius 2 is 2.24 bits per heavy atom. The fourth-order valence-corrected chi connectivity index (χ4v) is 2.00. The van der Waals surface area contributed by atoms with Crippen molar-refractivity contribution in [2.24, 2.45) is 0 Å². The number of halogens is 1. The lowest BCUT2D eigenvalue weighted by atomic mass is 10.1. The van der Waals surface area contributed by atoms with Gasteiger partial charge in [-0.25, -0.2) is 0 Å². The number of aromatic nitrogens is 2. The minimum Gasteiger partial charge on any atom is -0.490 e. The molecule has 0 spiro atoms. The summed E-state index contributed by atoms with van der Waals surface area (Å²) in [5.74, 6) is 0.909. The van der Waals surface area contributed by atoms with Gasteiger partial charge in [0.2, 0.25) is 0 Å². The van der Waals surface area contributed by atoms with Gasteiger partial charge in [-0.15, -0.1) is 12.4 Å². The highest BCUT2D eigenvalue weighted by molar-refractivity contribution is 5.85. The van der Waals surface area contributed by atoms with Crippen molar-refractivity contribution < 1.29 is 4.74 Å². The molecular formula is C12H22ClN3O. The molecule has 0 atom stereocenters. The normalized spacial score (nSPS) is 16.5. The zero-order chi connectivity index (χ0) is 11.2. The Morgan fingerprint density at radius 1 is 1.47 bits per heavy atom. The zero-order valence-electron chi connectivity index (χ0n) is 10.4. The first-order valence-corrected chi connectivity index (χ1v) is 6.28. The van der Waals surface area contributed by atoms with Crippen LogP contribution in [0.25, 0.3) is 0 Å². The number of nitrogens with one attached hydrogen (secondary N) is 1. The second-order valence-electron chi connectivity index (χ2n) is 4.34. The third kappa shape index (κ3) is 4.21. The summed E-state index contributed by atoms with van der Waals surface area (Å²) in [6.45, 7) is 5.16. The van der Waals surface area contributed by atoms with Crippen LogP contribution < -0.4 is 10.1 Å².